The third kappa shape index (κ3) is 4.17. The average Bonchev–Trinajstić information content (AvgIpc) is 3.28. The summed E-state index contributed by atoms with van der Waals surface area (Å²) in [5.74, 6) is -0.216. The molecule has 3 rings (SSSR count). The second-order valence-corrected chi connectivity index (χ2v) is 8.34. The number of thiazole rings is 1. The Kier molecular flexibility index (Phi) is 5.36. The lowest BCUT2D eigenvalue weighted by Gasteiger charge is -2.15. The second-order valence-electron chi connectivity index (χ2n) is 5.76. The molecular formula is C16H19N3O4S2. The highest BCUT2D eigenvalue weighted by Crippen LogP contribution is 2.27. The van der Waals surface area contributed by atoms with Crippen LogP contribution in [0, 0.1) is 0 Å². The predicted molar refractivity (Wildman–Crippen MR) is 95.6 cm³/mol. The van der Waals surface area contributed by atoms with Gasteiger partial charge in [0.1, 0.15) is 10.6 Å². The van der Waals surface area contributed by atoms with Gasteiger partial charge in [0.05, 0.1) is 7.11 Å². The summed E-state index contributed by atoms with van der Waals surface area (Å²) in [4.78, 5) is 16.3. The summed E-state index contributed by atoms with van der Waals surface area (Å²) in [7, 11) is -2.37. The number of benzene rings is 1. The molecule has 2 aromatic rings. The summed E-state index contributed by atoms with van der Waals surface area (Å²) in [6, 6.07) is 4.28. The van der Waals surface area contributed by atoms with Crippen LogP contribution < -0.4 is 14.8 Å². The third-order valence-corrected chi connectivity index (χ3v) is 6.28. The van der Waals surface area contributed by atoms with Gasteiger partial charge in [-0.15, -0.1) is 11.3 Å². The Morgan fingerprint density at radius 1 is 1.32 bits per heavy atom. The molecule has 1 fully saturated rings. The highest BCUT2D eigenvalue weighted by Gasteiger charge is 2.26. The van der Waals surface area contributed by atoms with Gasteiger partial charge in [-0.05, 0) is 31.0 Å². The van der Waals surface area contributed by atoms with E-state index in [1.54, 1.807) is 11.6 Å². The standard InChI is InChI=1S/C16H19N3O4S2/c1-23-13-7-6-11(15(20)18-16-17-8-9-24-16)10-14(13)25(21,22)19-12-4-2-3-5-12/h6-10,12,19H,2-5H2,1H3,(H,17,18,20). The maximum absolute atomic E-state index is 12.7. The van der Waals surface area contributed by atoms with E-state index in [1.807, 2.05) is 0 Å². The van der Waals surface area contributed by atoms with Crippen molar-refractivity contribution in [1.29, 1.82) is 0 Å². The van der Waals surface area contributed by atoms with E-state index in [1.165, 1.54) is 36.6 Å². The molecule has 0 aliphatic heterocycles. The minimum Gasteiger partial charge on any atom is -0.495 e. The second kappa shape index (κ2) is 7.51. The molecule has 0 saturated heterocycles. The Balaban J connectivity index is 1.87. The lowest BCUT2D eigenvalue weighted by Crippen LogP contribution is -2.33. The van der Waals surface area contributed by atoms with Gasteiger partial charge in [-0.3, -0.25) is 10.1 Å². The first-order valence-electron chi connectivity index (χ1n) is 7.91. The fourth-order valence-electron chi connectivity index (χ4n) is 2.81. The summed E-state index contributed by atoms with van der Waals surface area (Å²) in [5.41, 5.74) is 0.225. The molecule has 0 unspecified atom stereocenters. The average molecular weight is 381 g/mol. The van der Waals surface area contributed by atoms with Gasteiger partial charge in [0.15, 0.2) is 5.13 Å². The molecule has 1 aliphatic carbocycles. The van der Waals surface area contributed by atoms with Crippen LogP contribution in [0.15, 0.2) is 34.7 Å². The lowest BCUT2D eigenvalue weighted by atomic mass is 10.2. The number of anilines is 1. The summed E-state index contributed by atoms with van der Waals surface area (Å²) >= 11 is 1.29. The molecule has 7 nitrogen and oxygen atoms in total. The Hall–Kier alpha value is -1.97. The number of nitrogens with zero attached hydrogens (tertiary/aromatic N) is 1. The summed E-state index contributed by atoms with van der Waals surface area (Å²) < 4.78 is 33.3. The van der Waals surface area contributed by atoms with Gasteiger partial charge in [-0.1, -0.05) is 12.8 Å². The van der Waals surface area contributed by atoms with Crippen LogP contribution >= 0.6 is 11.3 Å². The van der Waals surface area contributed by atoms with Crippen LogP contribution in [0.1, 0.15) is 36.0 Å². The summed E-state index contributed by atoms with van der Waals surface area (Å²) in [6.07, 6.45) is 5.26. The predicted octanol–water partition coefficient (Wildman–Crippen LogP) is 2.62. The monoisotopic (exact) mass is 381 g/mol. The van der Waals surface area contributed by atoms with Gasteiger partial charge in [0.2, 0.25) is 10.0 Å². The maximum Gasteiger partial charge on any atom is 0.257 e. The largest absolute Gasteiger partial charge is 0.495 e. The molecule has 1 aromatic carbocycles. The van der Waals surface area contributed by atoms with Gasteiger partial charge in [-0.2, -0.15) is 0 Å². The van der Waals surface area contributed by atoms with E-state index in [2.05, 4.69) is 15.0 Å². The number of hydrogen-bond donors (Lipinski definition) is 2. The van der Waals surface area contributed by atoms with E-state index in [0.717, 1.165) is 25.7 Å². The van der Waals surface area contributed by atoms with Crippen molar-refractivity contribution >= 4 is 32.4 Å². The zero-order valence-electron chi connectivity index (χ0n) is 13.7. The van der Waals surface area contributed by atoms with E-state index in [0.29, 0.717) is 5.13 Å². The van der Waals surface area contributed by atoms with E-state index in [4.69, 9.17) is 4.74 Å². The zero-order valence-corrected chi connectivity index (χ0v) is 15.3. The van der Waals surface area contributed by atoms with Gasteiger partial charge < -0.3 is 4.74 Å². The van der Waals surface area contributed by atoms with Crippen molar-refractivity contribution < 1.29 is 17.9 Å². The number of ether oxygens (including phenoxy) is 1. The normalized spacial score (nSPS) is 15.2. The number of carbonyl (C=O) groups excluding carboxylic acids is 1. The van der Waals surface area contributed by atoms with E-state index >= 15 is 0 Å². The number of aromatic nitrogens is 1. The van der Waals surface area contributed by atoms with Gasteiger partial charge in [0.25, 0.3) is 5.91 Å². The van der Waals surface area contributed by atoms with Crippen molar-refractivity contribution in [3.05, 3.63) is 35.3 Å². The molecule has 0 radical (unpaired) electrons. The van der Waals surface area contributed by atoms with E-state index < -0.39 is 15.9 Å². The van der Waals surface area contributed by atoms with Crippen molar-refractivity contribution in [2.75, 3.05) is 12.4 Å². The van der Waals surface area contributed by atoms with Crippen molar-refractivity contribution in [2.24, 2.45) is 0 Å². The molecule has 2 N–H and O–H groups in total. The first-order chi connectivity index (χ1) is 12.0. The van der Waals surface area contributed by atoms with Crippen LogP contribution in [0.25, 0.3) is 0 Å². The molecule has 134 valence electrons. The molecule has 0 atom stereocenters. The number of carbonyl (C=O) groups is 1. The van der Waals surface area contributed by atoms with Crippen LogP contribution in [-0.4, -0.2) is 32.5 Å². The number of rotatable bonds is 6. The topological polar surface area (TPSA) is 97.4 Å². The molecule has 25 heavy (non-hydrogen) atoms. The van der Waals surface area contributed by atoms with Gasteiger partial charge in [-0.25, -0.2) is 18.1 Å². The number of hydrogen-bond acceptors (Lipinski definition) is 6. The summed E-state index contributed by atoms with van der Waals surface area (Å²) in [5, 5.41) is 4.83. The third-order valence-electron chi connectivity index (χ3n) is 4.05. The maximum atomic E-state index is 12.7. The Morgan fingerprint density at radius 2 is 2.08 bits per heavy atom. The highest BCUT2D eigenvalue weighted by atomic mass is 32.2. The lowest BCUT2D eigenvalue weighted by molar-refractivity contribution is 0.102. The van der Waals surface area contributed by atoms with Crippen LogP contribution in [0.2, 0.25) is 0 Å². The fourth-order valence-corrected chi connectivity index (χ4v) is 4.83. The van der Waals surface area contributed by atoms with Gasteiger partial charge >= 0.3 is 0 Å². The van der Waals surface area contributed by atoms with E-state index in [-0.39, 0.29) is 22.3 Å². The number of methoxy groups -OCH3 is 1. The van der Waals surface area contributed by atoms with Crippen molar-refractivity contribution in [3.63, 3.8) is 0 Å². The number of amides is 1. The summed E-state index contributed by atoms with van der Waals surface area (Å²) in [6.45, 7) is 0. The molecule has 1 saturated carbocycles. The van der Waals surface area contributed by atoms with Crippen molar-refractivity contribution in [3.8, 4) is 5.75 Å². The molecule has 1 amide bonds. The molecule has 1 aliphatic rings. The molecular weight excluding hydrogens is 362 g/mol. The zero-order chi connectivity index (χ0) is 17.9. The van der Waals surface area contributed by atoms with Crippen LogP contribution in [-0.2, 0) is 10.0 Å². The number of sulfonamides is 1. The Labute approximate surface area is 150 Å². The first-order valence-corrected chi connectivity index (χ1v) is 10.3. The molecule has 0 spiro atoms. The molecule has 1 aromatic heterocycles. The van der Waals surface area contributed by atoms with E-state index in [9.17, 15) is 13.2 Å². The minimum atomic E-state index is -3.77. The smallest absolute Gasteiger partial charge is 0.257 e. The van der Waals surface area contributed by atoms with Crippen LogP contribution in [0.4, 0.5) is 5.13 Å². The first kappa shape index (κ1) is 17.8. The van der Waals surface area contributed by atoms with Gasteiger partial charge in [0, 0.05) is 23.2 Å². The van der Waals surface area contributed by atoms with Crippen LogP contribution in [0.3, 0.4) is 0 Å². The SMILES string of the molecule is COc1ccc(C(=O)Nc2nccs2)cc1S(=O)(=O)NC1CCCC1. The molecule has 0 bridgehead atoms. The highest BCUT2D eigenvalue weighted by molar-refractivity contribution is 7.89. The minimum absolute atomic E-state index is 0.0336. The molecule has 1 heterocycles. The molecule has 9 heteroatoms. The Bertz CT molecular complexity index is 844. The van der Waals surface area contributed by atoms with Crippen molar-refractivity contribution in [2.45, 2.75) is 36.6 Å². The number of nitrogens with one attached hydrogen (secondary N) is 2. The quantitative estimate of drug-likeness (QED) is 0.802. The Morgan fingerprint density at radius 3 is 2.72 bits per heavy atom. The van der Waals surface area contributed by atoms with Crippen molar-refractivity contribution in [1.82, 2.24) is 9.71 Å². The fraction of sp³-hybridized carbons (Fsp3) is 0.375. The van der Waals surface area contributed by atoms with Crippen LogP contribution in [0.5, 0.6) is 5.75 Å².